The molecule has 0 bridgehead atoms. The summed E-state index contributed by atoms with van der Waals surface area (Å²) in [5.74, 6) is -1.02. The number of benzene rings is 2. The topological polar surface area (TPSA) is 87.1 Å². The van der Waals surface area contributed by atoms with Crippen molar-refractivity contribution in [1.29, 1.82) is 0 Å². The summed E-state index contributed by atoms with van der Waals surface area (Å²) in [6, 6.07) is 16.1. The molecule has 2 N–H and O–H groups in total. The Morgan fingerprint density at radius 3 is 2.53 bits per heavy atom. The molecule has 1 aromatic heterocycles. The molecule has 1 atom stereocenters. The van der Waals surface area contributed by atoms with Gasteiger partial charge in [-0.15, -0.1) is 11.3 Å². The van der Waals surface area contributed by atoms with Gasteiger partial charge in [-0.3, -0.25) is 9.59 Å². The molecule has 3 aromatic rings. The monoisotopic (exact) mass is 449 g/mol. The Kier molecular flexibility index (Phi) is 6.28. The van der Waals surface area contributed by atoms with Crippen molar-refractivity contribution >= 4 is 28.8 Å². The lowest BCUT2D eigenvalue weighted by molar-refractivity contribution is -0.140. The number of hydrogen-bond acceptors (Lipinski definition) is 6. The Morgan fingerprint density at radius 1 is 1.09 bits per heavy atom. The van der Waals surface area contributed by atoms with Crippen molar-refractivity contribution in [2.24, 2.45) is 0 Å². The van der Waals surface area contributed by atoms with E-state index in [1.165, 1.54) is 28.4 Å². The van der Waals surface area contributed by atoms with Gasteiger partial charge in [0, 0.05) is 10.4 Å². The molecule has 6 nitrogen and oxygen atoms in total. The lowest BCUT2D eigenvalue weighted by Gasteiger charge is -2.25. The maximum atomic E-state index is 13.0. The number of carbonyl (C=O) groups excluding carboxylic acids is 2. The van der Waals surface area contributed by atoms with Crippen molar-refractivity contribution in [2.75, 3.05) is 6.61 Å². The van der Waals surface area contributed by atoms with Crippen LogP contribution < -0.4 is 4.74 Å². The third-order valence-electron chi connectivity index (χ3n) is 5.23. The average Bonchev–Trinajstić information content (AvgIpc) is 3.40. The van der Waals surface area contributed by atoms with E-state index in [-0.39, 0.29) is 23.6 Å². The smallest absolute Gasteiger partial charge is 0.295 e. The first-order valence-electron chi connectivity index (χ1n) is 10.3. The Labute approximate surface area is 190 Å². The summed E-state index contributed by atoms with van der Waals surface area (Å²) < 4.78 is 5.58. The number of aromatic hydroxyl groups is 1. The minimum absolute atomic E-state index is 0.000572. The highest BCUT2D eigenvalue weighted by molar-refractivity contribution is 7.09. The number of amides is 1. The molecular formula is C25H23NO5S. The summed E-state index contributed by atoms with van der Waals surface area (Å²) in [5, 5.41) is 23.0. The number of rotatable bonds is 7. The number of phenols is 1. The van der Waals surface area contributed by atoms with Gasteiger partial charge in [-0.25, -0.2) is 0 Å². The summed E-state index contributed by atoms with van der Waals surface area (Å²) in [6.45, 7) is 2.82. The fraction of sp³-hybridized carbons (Fsp3) is 0.200. The van der Waals surface area contributed by atoms with Crippen LogP contribution in [0.1, 0.15) is 35.4 Å². The summed E-state index contributed by atoms with van der Waals surface area (Å²) in [4.78, 5) is 28.4. The highest BCUT2D eigenvalue weighted by atomic mass is 32.1. The van der Waals surface area contributed by atoms with Crippen LogP contribution in [-0.4, -0.2) is 33.4 Å². The standard InChI is InChI=1S/C25H23NO5S/c1-2-12-31-19-10-8-16(9-11-19)23(28)21-22(17-5-3-6-18(27)14-17)26(25(30)24(21)29)15-20-7-4-13-32-20/h3-11,13-14,22,27-28H,2,12,15H2,1H3/b23-21-. The second-order valence-electron chi connectivity index (χ2n) is 7.47. The third kappa shape index (κ3) is 4.24. The van der Waals surface area contributed by atoms with Gasteiger partial charge in [0.15, 0.2) is 0 Å². The van der Waals surface area contributed by atoms with Crippen molar-refractivity contribution in [3.63, 3.8) is 0 Å². The third-order valence-corrected chi connectivity index (χ3v) is 6.09. The molecule has 1 aliphatic heterocycles. The molecule has 4 rings (SSSR count). The zero-order valence-corrected chi connectivity index (χ0v) is 18.3. The molecule has 0 radical (unpaired) electrons. The van der Waals surface area contributed by atoms with Gasteiger partial charge in [-0.05, 0) is 59.8 Å². The van der Waals surface area contributed by atoms with Gasteiger partial charge in [0.2, 0.25) is 0 Å². The number of ether oxygens (including phenoxy) is 1. The van der Waals surface area contributed by atoms with Gasteiger partial charge in [-0.1, -0.05) is 25.1 Å². The van der Waals surface area contributed by atoms with Crippen molar-refractivity contribution in [3.05, 3.63) is 87.6 Å². The number of aliphatic hydroxyl groups excluding tert-OH is 1. The zero-order valence-electron chi connectivity index (χ0n) is 17.5. The highest BCUT2D eigenvalue weighted by Crippen LogP contribution is 2.41. The number of ketones is 1. The van der Waals surface area contributed by atoms with Gasteiger partial charge >= 0.3 is 0 Å². The summed E-state index contributed by atoms with van der Waals surface area (Å²) >= 11 is 1.48. The van der Waals surface area contributed by atoms with Gasteiger partial charge in [0.05, 0.1) is 24.8 Å². The first kappa shape index (κ1) is 21.6. The maximum Gasteiger partial charge on any atom is 0.295 e. The van der Waals surface area contributed by atoms with E-state index in [1.807, 2.05) is 24.4 Å². The lowest BCUT2D eigenvalue weighted by Crippen LogP contribution is -2.28. The van der Waals surface area contributed by atoms with E-state index >= 15 is 0 Å². The van der Waals surface area contributed by atoms with Gasteiger partial charge < -0.3 is 19.8 Å². The molecule has 1 unspecified atom stereocenters. The molecule has 1 aliphatic rings. The van der Waals surface area contributed by atoms with E-state index in [1.54, 1.807) is 36.4 Å². The van der Waals surface area contributed by atoms with Crippen molar-refractivity contribution < 1.29 is 24.5 Å². The Balaban J connectivity index is 1.78. The molecule has 2 aromatic carbocycles. The van der Waals surface area contributed by atoms with Crippen LogP contribution in [0.3, 0.4) is 0 Å². The first-order chi connectivity index (χ1) is 15.5. The van der Waals surface area contributed by atoms with Crippen molar-refractivity contribution in [1.82, 2.24) is 4.90 Å². The van der Waals surface area contributed by atoms with Crippen molar-refractivity contribution in [3.8, 4) is 11.5 Å². The predicted octanol–water partition coefficient (Wildman–Crippen LogP) is 4.86. The van der Waals surface area contributed by atoms with Crippen LogP contribution in [-0.2, 0) is 16.1 Å². The van der Waals surface area contributed by atoms with Crippen LogP contribution in [0, 0.1) is 0 Å². The molecule has 1 amide bonds. The minimum atomic E-state index is -0.819. The SMILES string of the molecule is CCCOc1ccc(/C(O)=C2/C(=O)C(=O)N(Cc3cccs3)C2c2cccc(O)c2)cc1. The quantitative estimate of drug-likeness (QED) is 0.305. The first-order valence-corrected chi connectivity index (χ1v) is 11.2. The van der Waals surface area contributed by atoms with E-state index in [0.29, 0.717) is 23.5 Å². The minimum Gasteiger partial charge on any atom is -0.508 e. The molecule has 32 heavy (non-hydrogen) atoms. The maximum absolute atomic E-state index is 13.0. The second kappa shape index (κ2) is 9.28. The van der Waals surface area contributed by atoms with Crippen LogP contribution >= 0.6 is 11.3 Å². The molecule has 1 saturated heterocycles. The fourth-order valence-electron chi connectivity index (χ4n) is 3.74. The van der Waals surface area contributed by atoms with Crippen molar-refractivity contribution in [2.45, 2.75) is 25.9 Å². The number of nitrogens with zero attached hydrogens (tertiary/aromatic N) is 1. The van der Waals surface area contributed by atoms with Crippen LogP contribution in [0.4, 0.5) is 0 Å². The Morgan fingerprint density at radius 2 is 1.88 bits per heavy atom. The Hall–Kier alpha value is -3.58. The Bertz CT molecular complexity index is 1150. The average molecular weight is 450 g/mol. The van der Waals surface area contributed by atoms with Crippen LogP contribution in [0.15, 0.2) is 71.6 Å². The number of aliphatic hydroxyl groups is 1. The molecule has 1 fully saturated rings. The molecule has 2 heterocycles. The number of Topliss-reactive ketones (excluding diaryl/α,β-unsaturated/α-hetero) is 1. The number of thiophene rings is 1. The predicted molar refractivity (Wildman–Crippen MR) is 123 cm³/mol. The number of carbonyl (C=O) groups is 2. The van der Waals surface area contributed by atoms with E-state index in [9.17, 15) is 19.8 Å². The van der Waals surface area contributed by atoms with E-state index in [4.69, 9.17) is 4.74 Å². The van der Waals surface area contributed by atoms with Gasteiger partial charge in [-0.2, -0.15) is 0 Å². The molecule has 0 saturated carbocycles. The van der Waals surface area contributed by atoms with Crippen LogP contribution in [0.5, 0.6) is 11.5 Å². The largest absolute Gasteiger partial charge is 0.508 e. The van der Waals surface area contributed by atoms with E-state index in [2.05, 4.69) is 0 Å². The van der Waals surface area contributed by atoms with Crippen LogP contribution in [0.25, 0.3) is 5.76 Å². The summed E-state index contributed by atoms with van der Waals surface area (Å²) in [7, 11) is 0. The normalized spacial score (nSPS) is 17.7. The number of hydrogen-bond donors (Lipinski definition) is 2. The fourth-order valence-corrected chi connectivity index (χ4v) is 4.44. The van der Waals surface area contributed by atoms with Gasteiger partial charge in [0.1, 0.15) is 17.3 Å². The van der Waals surface area contributed by atoms with E-state index in [0.717, 1.165) is 11.3 Å². The van der Waals surface area contributed by atoms with Gasteiger partial charge in [0.25, 0.3) is 11.7 Å². The molecule has 0 spiro atoms. The second-order valence-corrected chi connectivity index (χ2v) is 8.51. The zero-order chi connectivity index (χ0) is 22.7. The lowest BCUT2D eigenvalue weighted by atomic mass is 9.95. The number of phenolic OH excluding ortho intramolecular Hbond substituents is 1. The van der Waals surface area contributed by atoms with E-state index < -0.39 is 17.7 Å². The van der Waals surface area contributed by atoms with Crippen LogP contribution in [0.2, 0.25) is 0 Å². The molecule has 164 valence electrons. The highest BCUT2D eigenvalue weighted by Gasteiger charge is 2.46. The molecule has 0 aliphatic carbocycles. The molecular weight excluding hydrogens is 426 g/mol. The summed E-state index contributed by atoms with van der Waals surface area (Å²) in [5.41, 5.74) is 0.956. The summed E-state index contributed by atoms with van der Waals surface area (Å²) in [6.07, 6.45) is 0.874. The number of likely N-dealkylation sites (tertiary alicyclic amines) is 1. The molecule has 7 heteroatoms.